The van der Waals surface area contributed by atoms with Crippen molar-refractivity contribution in [2.45, 2.75) is 6.18 Å². The van der Waals surface area contributed by atoms with E-state index in [4.69, 9.17) is 11.1 Å². The van der Waals surface area contributed by atoms with Crippen molar-refractivity contribution in [2.24, 2.45) is 5.84 Å². The molecule has 0 saturated carbocycles. The molecule has 0 fully saturated rings. The Morgan fingerprint density at radius 1 is 1.31 bits per heavy atom. The molecule has 0 atom stereocenters. The molecular weight excluding hydrogens is 223 g/mol. The van der Waals surface area contributed by atoms with Crippen LogP contribution in [0.15, 0.2) is 24.3 Å². The van der Waals surface area contributed by atoms with Gasteiger partial charge in [0.15, 0.2) is 6.07 Å². The Hall–Kier alpha value is -2.07. The standard InChI is InChI=1S/C9H6F3N3O/c10-9(11,12)6-1-3-7(4-2-6)15(14)8(16)5-13/h1-4H,14H2. The number of anilines is 1. The van der Waals surface area contributed by atoms with Gasteiger partial charge in [-0.05, 0) is 24.3 Å². The number of nitriles is 1. The predicted molar refractivity (Wildman–Crippen MR) is 48.7 cm³/mol. The minimum absolute atomic E-state index is 0.0135. The van der Waals surface area contributed by atoms with Gasteiger partial charge in [-0.2, -0.15) is 18.4 Å². The molecule has 0 aliphatic rings. The highest BCUT2D eigenvalue weighted by Crippen LogP contribution is 2.30. The number of carbonyl (C=O) groups is 1. The molecule has 1 amide bonds. The van der Waals surface area contributed by atoms with Gasteiger partial charge in [-0.3, -0.25) is 4.79 Å². The molecule has 84 valence electrons. The third-order valence-corrected chi connectivity index (χ3v) is 1.79. The molecule has 0 aromatic heterocycles. The normalized spacial score (nSPS) is 10.7. The molecule has 0 saturated heterocycles. The zero-order chi connectivity index (χ0) is 12.3. The van der Waals surface area contributed by atoms with Crippen LogP contribution in [0.1, 0.15) is 5.56 Å². The maximum absolute atomic E-state index is 12.2. The molecule has 1 aromatic carbocycles. The molecule has 0 aliphatic carbocycles. The summed E-state index contributed by atoms with van der Waals surface area (Å²) in [6.45, 7) is 0. The van der Waals surface area contributed by atoms with Gasteiger partial charge < -0.3 is 0 Å². The Kier molecular flexibility index (Phi) is 3.15. The second-order valence-electron chi connectivity index (χ2n) is 2.83. The lowest BCUT2D eigenvalue weighted by Gasteiger charge is -2.13. The molecule has 4 nitrogen and oxygen atoms in total. The van der Waals surface area contributed by atoms with Crippen LogP contribution in [0.25, 0.3) is 0 Å². The first-order valence-corrected chi connectivity index (χ1v) is 4.02. The van der Waals surface area contributed by atoms with Gasteiger partial charge in [-0.15, -0.1) is 0 Å². The number of nitrogens with two attached hydrogens (primary N) is 1. The number of carbonyl (C=O) groups excluding carboxylic acids is 1. The average Bonchev–Trinajstić information content (AvgIpc) is 2.26. The number of nitrogens with zero attached hydrogens (tertiary/aromatic N) is 2. The molecule has 0 heterocycles. The number of hydrogen-bond acceptors (Lipinski definition) is 3. The summed E-state index contributed by atoms with van der Waals surface area (Å²) in [5, 5.41) is 8.72. The first-order valence-electron chi connectivity index (χ1n) is 4.02. The van der Waals surface area contributed by atoms with E-state index in [0.29, 0.717) is 5.01 Å². The van der Waals surface area contributed by atoms with E-state index in [2.05, 4.69) is 0 Å². The summed E-state index contributed by atoms with van der Waals surface area (Å²) >= 11 is 0. The summed E-state index contributed by atoms with van der Waals surface area (Å²) in [6, 6.07) is 4.83. The van der Waals surface area contributed by atoms with Gasteiger partial charge >= 0.3 is 12.1 Å². The highest BCUT2D eigenvalue weighted by atomic mass is 19.4. The number of rotatable bonds is 1. The summed E-state index contributed by atoms with van der Waals surface area (Å²) < 4.78 is 36.5. The van der Waals surface area contributed by atoms with Crippen molar-refractivity contribution in [1.82, 2.24) is 0 Å². The van der Waals surface area contributed by atoms with Crippen LogP contribution >= 0.6 is 0 Å². The molecular formula is C9H6F3N3O. The van der Waals surface area contributed by atoms with Crippen molar-refractivity contribution in [3.05, 3.63) is 29.8 Å². The van der Waals surface area contributed by atoms with Gasteiger partial charge in [0, 0.05) is 0 Å². The van der Waals surface area contributed by atoms with Crippen LogP contribution in [-0.2, 0) is 11.0 Å². The lowest BCUT2D eigenvalue weighted by Crippen LogP contribution is -2.36. The topological polar surface area (TPSA) is 70.1 Å². The molecule has 0 unspecified atom stereocenters. The summed E-state index contributed by atoms with van der Waals surface area (Å²) in [5.41, 5.74) is -0.839. The Morgan fingerprint density at radius 2 is 1.81 bits per heavy atom. The van der Waals surface area contributed by atoms with E-state index in [1.807, 2.05) is 0 Å². The maximum atomic E-state index is 12.2. The van der Waals surface area contributed by atoms with Crippen molar-refractivity contribution >= 4 is 11.6 Å². The van der Waals surface area contributed by atoms with Crippen LogP contribution in [0.2, 0.25) is 0 Å². The first-order chi connectivity index (χ1) is 7.36. The van der Waals surface area contributed by atoms with Gasteiger partial charge in [-0.1, -0.05) is 0 Å². The average molecular weight is 229 g/mol. The van der Waals surface area contributed by atoms with Crippen molar-refractivity contribution in [3.63, 3.8) is 0 Å². The highest BCUT2D eigenvalue weighted by Gasteiger charge is 2.30. The highest BCUT2D eigenvalue weighted by molar-refractivity contribution is 6.03. The Bertz CT molecular complexity index is 433. The Morgan fingerprint density at radius 3 is 2.19 bits per heavy atom. The third kappa shape index (κ3) is 2.49. The second-order valence-corrected chi connectivity index (χ2v) is 2.83. The maximum Gasteiger partial charge on any atom is 0.416 e. The Labute approximate surface area is 88.6 Å². The number of hydrogen-bond donors (Lipinski definition) is 1. The van der Waals surface area contributed by atoms with Crippen molar-refractivity contribution < 1.29 is 18.0 Å². The summed E-state index contributed by atoms with van der Waals surface area (Å²) in [6.07, 6.45) is -4.45. The fraction of sp³-hybridized carbons (Fsp3) is 0.111. The molecule has 1 aromatic rings. The van der Waals surface area contributed by atoms with Crippen molar-refractivity contribution in [2.75, 3.05) is 5.01 Å². The van der Waals surface area contributed by atoms with Gasteiger partial charge in [-0.25, -0.2) is 10.9 Å². The minimum atomic E-state index is -4.45. The van der Waals surface area contributed by atoms with E-state index in [1.165, 1.54) is 6.07 Å². The third-order valence-electron chi connectivity index (χ3n) is 1.79. The van der Waals surface area contributed by atoms with Crippen molar-refractivity contribution in [1.29, 1.82) is 5.26 Å². The molecule has 16 heavy (non-hydrogen) atoms. The van der Waals surface area contributed by atoms with Crippen LogP contribution in [0.3, 0.4) is 0 Å². The van der Waals surface area contributed by atoms with E-state index in [0.717, 1.165) is 24.3 Å². The zero-order valence-corrected chi connectivity index (χ0v) is 7.82. The van der Waals surface area contributed by atoms with Crippen LogP contribution in [0.4, 0.5) is 18.9 Å². The molecule has 7 heteroatoms. The quantitative estimate of drug-likeness (QED) is 0.343. The van der Waals surface area contributed by atoms with Gasteiger partial charge in [0.2, 0.25) is 0 Å². The zero-order valence-electron chi connectivity index (χ0n) is 7.82. The first kappa shape index (κ1) is 12.0. The van der Waals surface area contributed by atoms with Crippen LogP contribution in [0, 0.1) is 11.3 Å². The second kappa shape index (κ2) is 4.20. The fourth-order valence-electron chi connectivity index (χ4n) is 0.982. The monoisotopic (exact) mass is 229 g/mol. The van der Waals surface area contributed by atoms with E-state index >= 15 is 0 Å². The van der Waals surface area contributed by atoms with Crippen LogP contribution < -0.4 is 10.9 Å². The molecule has 0 bridgehead atoms. The van der Waals surface area contributed by atoms with Gasteiger partial charge in [0.1, 0.15) is 0 Å². The summed E-state index contributed by atoms with van der Waals surface area (Å²) in [4.78, 5) is 10.8. The van der Waals surface area contributed by atoms with Gasteiger partial charge in [0.25, 0.3) is 0 Å². The van der Waals surface area contributed by atoms with E-state index in [9.17, 15) is 18.0 Å². The largest absolute Gasteiger partial charge is 0.416 e. The smallest absolute Gasteiger partial charge is 0.255 e. The summed E-state index contributed by atoms with van der Waals surface area (Å²) in [5.74, 6) is 4.13. The Balaban J connectivity index is 2.97. The molecule has 0 aliphatic heterocycles. The van der Waals surface area contributed by atoms with Crippen LogP contribution in [0.5, 0.6) is 0 Å². The van der Waals surface area contributed by atoms with E-state index in [-0.39, 0.29) is 5.69 Å². The fourth-order valence-corrected chi connectivity index (χ4v) is 0.982. The number of halogens is 3. The SMILES string of the molecule is N#CC(=O)N(N)c1ccc(C(F)(F)F)cc1. The van der Waals surface area contributed by atoms with E-state index in [1.54, 1.807) is 0 Å². The van der Waals surface area contributed by atoms with Gasteiger partial charge in [0.05, 0.1) is 11.3 Å². The van der Waals surface area contributed by atoms with Crippen molar-refractivity contribution in [3.8, 4) is 6.07 Å². The number of alkyl halides is 3. The predicted octanol–water partition coefficient (Wildman–Crippen LogP) is 1.44. The molecule has 1 rings (SSSR count). The van der Waals surface area contributed by atoms with Crippen LogP contribution in [-0.4, -0.2) is 5.91 Å². The minimum Gasteiger partial charge on any atom is -0.255 e. The summed E-state index contributed by atoms with van der Waals surface area (Å²) in [7, 11) is 0. The molecule has 0 radical (unpaired) electrons. The molecule has 0 spiro atoms. The lowest BCUT2D eigenvalue weighted by molar-refractivity contribution is -0.137. The number of benzene rings is 1. The number of hydrazine groups is 1. The van der Waals surface area contributed by atoms with E-state index < -0.39 is 17.6 Å². The molecule has 2 N–H and O–H groups in total. The lowest BCUT2D eigenvalue weighted by atomic mass is 10.2. The number of amides is 1.